The monoisotopic (exact) mass is 812 g/mol. The molecule has 0 N–H and O–H groups in total. The lowest BCUT2D eigenvalue weighted by atomic mass is 9.33. The molecule has 2 nitrogen and oxygen atoms in total. The van der Waals surface area contributed by atoms with E-state index in [1.54, 1.807) is 0 Å². The van der Waals surface area contributed by atoms with Gasteiger partial charge in [-0.15, -0.1) is 0 Å². The van der Waals surface area contributed by atoms with Crippen LogP contribution in [0.1, 0.15) is 113 Å². The van der Waals surface area contributed by atoms with Crippen molar-refractivity contribution in [3.05, 3.63) is 173 Å². The van der Waals surface area contributed by atoms with Crippen LogP contribution in [0, 0.1) is 13.8 Å². The topological polar surface area (TPSA) is 6.48 Å². The Morgan fingerprint density at radius 1 is 0.500 bits per heavy atom. The summed E-state index contributed by atoms with van der Waals surface area (Å²) in [5.74, 6) is 0. The fourth-order valence-electron chi connectivity index (χ4n) is 11.2. The summed E-state index contributed by atoms with van der Waals surface area (Å²) >= 11 is 0. The van der Waals surface area contributed by atoms with Gasteiger partial charge in [-0.3, -0.25) is 0 Å². The highest BCUT2D eigenvalue weighted by molar-refractivity contribution is 7.00. The number of rotatable bonds is 4. The molecule has 3 aliphatic rings. The van der Waals surface area contributed by atoms with Gasteiger partial charge in [-0.2, -0.15) is 0 Å². The molecule has 7 aromatic rings. The second kappa shape index (κ2) is 13.9. The third kappa shape index (κ3) is 6.37. The van der Waals surface area contributed by atoms with E-state index in [0.717, 1.165) is 68.3 Å². The Balaban J connectivity index is 1.35. The van der Waals surface area contributed by atoms with Crippen LogP contribution in [0.4, 0.5) is 34.1 Å². The molecule has 10 rings (SSSR count). The molecular formula is C59H61BN2. The van der Waals surface area contributed by atoms with Gasteiger partial charge in [0.2, 0.25) is 0 Å². The molecule has 3 heteroatoms. The molecule has 310 valence electrons. The van der Waals surface area contributed by atoms with E-state index in [1.165, 1.54) is 38.7 Å². The molecule has 0 saturated heterocycles. The summed E-state index contributed by atoms with van der Waals surface area (Å²) in [5.41, 5.74) is 20.6. The number of anilines is 6. The summed E-state index contributed by atoms with van der Waals surface area (Å²) in [6.45, 7) is 22.9. The molecule has 2 aliphatic heterocycles. The molecule has 0 radical (unpaired) electrons. The predicted octanol–water partition coefficient (Wildman–Crippen LogP) is 14.3. The van der Waals surface area contributed by atoms with E-state index in [-0.39, 0.29) is 28.4 Å². The molecule has 0 unspecified atom stereocenters. The zero-order chi connectivity index (χ0) is 46.2. The summed E-state index contributed by atoms with van der Waals surface area (Å²) in [6, 6.07) is 51.0. The highest BCUT2D eigenvalue weighted by atomic mass is 15.2. The molecule has 2 heterocycles. The number of fused-ring (bicyclic) bond motifs is 5. The van der Waals surface area contributed by atoms with Gasteiger partial charge in [-0.05, 0) is 157 Å². The molecule has 7 aromatic carbocycles. The van der Waals surface area contributed by atoms with Crippen molar-refractivity contribution < 1.29 is 4.11 Å². The summed E-state index contributed by atoms with van der Waals surface area (Å²) in [6.07, 6.45) is 1.04. The zero-order valence-corrected chi connectivity index (χ0v) is 38.5. The molecule has 0 aromatic heterocycles. The first-order chi connectivity index (χ1) is 30.5. The highest BCUT2D eigenvalue weighted by Crippen LogP contribution is 2.53. The molecule has 0 bridgehead atoms. The maximum Gasteiger partial charge on any atom is 0.252 e. The molecular weight excluding hydrogens is 747 g/mol. The number of hydrogen-bond acceptors (Lipinski definition) is 2. The van der Waals surface area contributed by atoms with Crippen molar-refractivity contribution >= 4 is 57.2 Å². The first kappa shape index (κ1) is 36.8. The number of nitrogens with zero attached hydrogens (tertiary/aromatic N) is 2. The average molecular weight is 812 g/mol. The van der Waals surface area contributed by atoms with E-state index < -0.39 is 6.85 Å². The van der Waals surface area contributed by atoms with Crippen molar-refractivity contribution in [2.24, 2.45) is 0 Å². The molecule has 0 amide bonds. The fraction of sp³-hybridized carbons (Fsp3) is 0.288. The Morgan fingerprint density at radius 2 is 1.05 bits per heavy atom. The van der Waals surface area contributed by atoms with Gasteiger partial charge < -0.3 is 9.80 Å². The highest BCUT2D eigenvalue weighted by Gasteiger charge is 2.48. The predicted molar refractivity (Wildman–Crippen MR) is 269 cm³/mol. The van der Waals surface area contributed by atoms with Crippen molar-refractivity contribution in [3.63, 3.8) is 0 Å². The van der Waals surface area contributed by atoms with Crippen LogP contribution in [0.2, 0.25) is 0 Å². The van der Waals surface area contributed by atoms with Crippen molar-refractivity contribution in [2.75, 3.05) is 9.80 Å². The number of aryl methyl sites for hydroxylation is 2. The minimum atomic E-state index is -2.37. The van der Waals surface area contributed by atoms with Crippen LogP contribution in [-0.2, 0) is 21.7 Å². The number of hydrogen-bond donors (Lipinski definition) is 0. The molecule has 1 aliphatic carbocycles. The number of benzene rings is 7. The Morgan fingerprint density at radius 3 is 1.66 bits per heavy atom. The summed E-state index contributed by atoms with van der Waals surface area (Å²) in [7, 11) is 0. The van der Waals surface area contributed by atoms with Gasteiger partial charge in [0, 0.05) is 38.1 Å². The molecule has 0 saturated carbocycles. The van der Waals surface area contributed by atoms with Gasteiger partial charge in [0.1, 0.15) is 0 Å². The summed E-state index contributed by atoms with van der Waals surface area (Å²) in [4.78, 5) is 4.83. The van der Waals surface area contributed by atoms with Crippen LogP contribution in [-0.4, -0.2) is 6.71 Å². The second-order valence-electron chi connectivity index (χ2n) is 21.7. The normalized spacial score (nSPS) is 16.8. The minimum absolute atomic E-state index is 0.0286. The van der Waals surface area contributed by atoms with Crippen LogP contribution in [0.15, 0.2) is 140 Å². The summed E-state index contributed by atoms with van der Waals surface area (Å²) < 4.78 is 27.3. The van der Waals surface area contributed by atoms with Gasteiger partial charge in [0.25, 0.3) is 6.71 Å². The van der Waals surface area contributed by atoms with Crippen molar-refractivity contribution in [1.82, 2.24) is 0 Å². The van der Waals surface area contributed by atoms with Crippen molar-refractivity contribution in [2.45, 2.75) is 111 Å². The van der Waals surface area contributed by atoms with Gasteiger partial charge in [0.15, 0.2) is 0 Å². The first-order valence-corrected chi connectivity index (χ1v) is 22.5. The van der Waals surface area contributed by atoms with Gasteiger partial charge >= 0.3 is 0 Å². The maximum atomic E-state index is 9.11. The lowest BCUT2D eigenvalue weighted by molar-refractivity contribution is 0.403. The Labute approximate surface area is 376 Å². The Bertz CT molecular complexity index is 3040. The zero-order valence-electron chi connectivity index (χ0n) is 41.5. The lowest BCUT2D eigenvalue weighted by Crippen LogP contribution is -2.61. The SMILES string of the molecule is [2H]C([2H])([2H])c1cc2c3c(c1)N(c1ccc(C(C)(C)C)cc1-c1ccccc1)c1cc(C(C)(C)C)ccc1B3c1cc3c(cc1N2c1ccc(-c2ccccc2)cc1C)C(C)(C)CC3(C)C. The Kier molecular flexibility index (Phi) is 8.23. The van der Waals surface area contributed by atoms with Gasteiger partial charge in [-0.25, -0.2) is 0 Å². The van der Waals surface area contributed by atoms with E-state index in [1.807, 2.05) is 12.1 Å². The fourth-order valence-corrected chi connectivity index (χ4v) is 11.2. The Hall–Kier alpha value is -5.80. The van der Waals surface area contributed by atoms with E-state index in [2.05, 4.69) is 213 Å². The lowest BCUT2D eigenvalue weighted by Gasteiger charge is -2.46. The standard InChI is InChI=1S/C59H61BN2/c1-37-29-53-55-54(30-37)62(50-28-25-42(56(3,4)5)32-44(50)40-21-17-14-18-22-40)51-33-43(57(6,7)8)24-26-47(51)60(55)48-34-45-46(59(11,12)36-58(45,9)10)35-52(48)61(53)49-27-23-41(31-38(49)2)39-19-15-13-16-20-39/h13-35H,36H2,1-12H3/i1D3. The van der Waals surface area contributed by atoms with E-state index in [9.17, 15) is 0 Å². The largest absolute Gasteiger partial charge is 0.311 e. The van der Waals surface area contributed by atoms with Gasteiger partial charge in [-0.1, -0.05) is 160 Å². The first-order valence-electron chi connectivity index (χ1n) is 24.0. The maximum absolute atomic E-state index is 9.11. The van der Waals surface area contributed by atoms with E-state index in [0.29, 0.717) is 5.56 Å². The van der Waals surface area contributed by atoms with E-state index >= 15 is 0 Å². The summed E-state index contributed by atoms with van der Waals surface area (Å²) in [5, 5.41) is 0. The van der Waals surface area contributed by atoms with Crippen LogP contribution in [0.25, 0.3) is 22.3 Å². The smallest absolute Gasteiger partial charge is 0.252 e. The second-order valence-corrected chi connectivity index (χ2v) is 21.7. The average Bonchev–Trinajstić information content (AvgIpc) is 3.43. The van der Waals surface area contributed by atoms with Crippen molar-refractivity contribution in [3.8, 4) is 22.3 Å². The quantitative estimate of drug-likeness (QED) is 0.163. The third-order valence-electron chi connectivity index (χ3n) is 14.1. The van der Waals surface area contributed by atoms with Gasteiger partial charge in [0.05, 0.1) is 5.69 Å². The van der Waals surface area contributed by atoms with Crippen LogP contribution < -0.4 is 26.2 Å². The van der Waals surface area contributed by atoms with Crippen LogP contribution in [0.5, 0.6) is 0 Å². The van der Waals surface area contributed by atoms with Crippen LogP contribution >= 0.6 is 0 Å². The molecule has 0 fully saturated rings. The van der Waals surface area contributed by atoms with Crippen molar-refractivity contribution in [1.29, 1.82) is 0 Å². The molecule has 0 spiro atoms. The van der Waals surface area contributed by atoms with Crippen LogP contribution in [0.3, 0.4) is 0 Å². The third-order valence-corrected chi connectivity index (χ3v) is 14.1. The molecule has 0 atom stereocenters. The van der Waals surface area contributed by atoms with E-state index in [4.69, 9.17) is 4.11 Å². The molecule has 62 heavy (non-hydrogen) atoms. The minimum Gasteiger partial charge on any atom is -0.311 e.